The van der Waals surface area contributed by atoms with Crippen molar-refractivity contribution in [1.82, 2.24) is 4.31 Å². The second-order valence-electron chi connectivity index (χ2n) is 5.85. The van der Waals surface area contributed by atoms with Crippen LogP contribution in [0.25, 0.3) is 0 Å². The first kappa shape index (κ1) is 21.4. The van der Waals surface area contributed by atoms with Gasteiger partial charge in [0.15, 0.2) is 6.61 Å². The molecule has 0 amide bonds. The van der Waals surface area contributed by atoms with Crippen LogP contribution in [0.15, 0.2) is 47.4 Å². The van der Waals surface area contributed by atoms with Gasteiger partial charge in [0, 0.05) is 14.1 Å². The quantitative estimate of drug-likeness (QED) is 0.487. The number of ketones is 1. The number of esters is 1. The SMILES string of the molecule is COc1ccccc1C(=O)COC(=O)c1ccc(OC)c(S(=O)(=O)N(C)C)c1. The molecule has 0 bridgehead atoms. The smallest absolute Gasteiger partial charge is 0.338 e. The third-order valence-corrected chi connectivity index (χ3v) is 5.74. The number of carbonyl (C=O) groups is 2. The van der Waals surface area contributed by atoms with Gasteiger partial charge in [-0.25, -0.2) is 17.5 Å². The Morgan fingerprint density at radius 2 is 1.61 bits per heavy atom. The molecule has 2 rings (SSSR count). The van der Waals surface area contributed by atoms with Gasteiger partial charge in [-0.05, 0) is 30.3 Å². The van der Waals surface area contributed by atoms with E-state index in [4.69, 9.17) is 14.2 Å². The van der Waals surface area contributed by atoms with E-state index in [1.54, 1.807) is 24.3 Å². The predicted molar refractivity (Wildman–Crippen MR) is 101 cm³/mol. The number of hydrogen-bond donors (Lipinski definition) is 0. The molecule has 0 aromatic heterocycles. The third-order valence-electron chi connectivity index (χ3n) is 3.90. The molecular formula is C19H21NO7S. The first-order valence-electron chi connectivity index (χ1n) is 8.16. The van der Waals surface area contributed by atoms with Gasteiger partial charge in [0.25, 0.3) is 0 Å². The Bertz CT molecular complexity index is 984. The lowest BCUT2D eigenvalue weighted by Crippen LogP contribution is -2.23. The molecule has 9 heteroatoms. The highest BCUT2D eigenvalue weighted by atomic mass is 32.2. The number of carbonyl (C=O) groups excluding carboxylic acids is 2. The molecule has 0 aliphatic heterocycles. The number of ether oxygens (including phenoxy) is 3. The van der Waals surface area contributed by atoms with Crippen molar-refractivity contribution in [3.05, 3.63) is 53.6 Å². The Morgan fingerprint density at radius 1 is 0.964 bits per heavy atom. The highest BCUT2D eigenvalue weighted by molar-refractivity contribution is 7.89. The monoisotopic (exact) mass is 407 g/mol. The minimum atomic E-state index is -3.84. The number of Topliss-reactive ketones (excluding diaryl/α,β-unsaturated/α-hetero) is 1. The molecule has 0 aliphatic rings. The van der Waals surface area contributed by atoms with Gasteiger partial charge in [-0.2, -0.15) is 0 Å². The summed E-state index contributed by atoms with van der Waals surface area (Å²) in [5.74, 6) is -0.815. The molecule has 2 aromatic carbocycles. The van der Waals surface area contributed by atoms with Crippen LogP contribution in [-0.4, -0.2) is 59.4 Å². The van der Waals surface area contributed by atoms with Gasteiger partial charge in [0.1, 0.15) is 16.4 Å². The zero-order valence-electron chi connectivity index (χ0n) is 16.0. The van der Waals surface area contributed by atoms with E-state index in [0.29, 0.717) is 5.75 Å². The molecule has 0 aliphatic carbocycles. The molecule has 150 valence electrons. The van der Waals surface area contributed by atoms with E-state index in [0.717, 1.165) is 10.4 Å². The normalized spacial score (nSPS) is 11.2. The highest BCUT2D eigenvalue weighted by Crippen LogP contribution is 2.27. The van der Waals surface area contributed by atoms with Crippen LogP contribution in [0.1, 0.15) is 20.7 Å². The Hall–Kier alpha value is -2.91. The van der Waals surface area contributed by atoms with Crippen LogP contribution in [0, 0.1) is 0 Å². The van der Waals surface area contributed by atoms with E-state index in [1.807, 2.05) is 0 Å². The largest absolute Gasteiger partial charge is 0.496 e. The highest BCUT2D eigenvalue weighted by Gasteiger charge is 2.24. The molecule has 28 heavy (non-hydrogen) atoms. The molecule has 0 radical (unpaired) electrons. The van der Waals surface area contributed by atoms with Gasteiger partial charge in [-0.3, -0.25) is 4.79 Å². The molecule has 0 unspecified atom stereocenters. The maximum Gasteiger partial charge on any atom is 0.338 e. The Morgan fingerprint density at radius 3 is 2.21 bits per heavy atom. The topological polar surface area (TPSA) is 99.2 Å². The molecule has 0 saturated carbocycles. The van der Waals surface area contributed by atoms with Gasteiger partial charge >= 0.3 is 5.97 Å². The summed E-state index contributed by atoms with van der Waals surface area (Å²) in [4.78, 5) is 24.4. The van der Waals surface area contributed by atoms with Gasteiger partial charge in [0.05, 0.1) is 25.3 Å². The molecular weight excluding hydrogens is 386 g/mol. The van der Waals surface area contributed by atoms with E-state index < -0.39 is 28.4 Å². The number of hydrogen-bond acceptors (Lipinski definition) is 7. The van der Waals surface area contributed by atoms with Crippen LogP contribution in [0.5, 0.6) is 11.5 Å². The van der Waals surface area contributed by atoms with Crippen LogP contribution in [0.3, 0.4) is 0 Å². The molecule has 0 heterocycles. The minimum absolute atomic E-state index is 0.0194. The van der Waals surface area contributed by atoms with Crippen LogP contribution in [0.4, 0.5) is 0 Å². The second kappa shape index (κ2) is 8.85. The average Bonchev–Trinajstić information content (AvgIpc) is 2.70. The number of para-hydroxylation sites is 1. The van der Waals surface area contributed by atoms with Crippen molar-refractivity contribution in [2.45, 2.75) is 4.90 Å². The van der Waals surface area contributed by atoms with Crippen LogP contribution < -0.4 is 9.47 Å². The summed E-state index contributed by atoms with van der Waals surface area (Å²) in [6, 6.07) is 10.4. The van der Waals surface area contributed by atoms with Gasteiger partial charge in [0.2, 0.25) is 15.8 Å². The first-order chi connectivity index (χ1) is 13.2. The number of sulfonamides is 1. The summed E-state index contributed by atoms with van der Waals surface area (Å²) in [6.07, 6.45) is 0. The maximum atomic E-state index is 12.4. The lowest BCUT2D eigenvalue weighted by atomic mass is 10.1. The van der Waals surface area contributed by atoms with E-state index in [2.05, 4.69) is 0 Å². The second-order valence-corrected chi connectivity index (χ2v) is 7.97. The molecule has 0 N–H and O–H groups in total. The zero-order valence-corrected chi connectivity index (χ0v) is 16.8. The fourth-order valence-electron chi connectivity index (χ4n) is 2.37. The molecule has 0 spiro atoms. The standard InChI is InChI=1S/C19H21NO7S/c1-20(2)28(23,24)18-11-13(9-10-17(18)26-4)19(22)27-12-15(21)14-7-5-6-8-16(14)25-3/h5-11H,12H2,1-4H3. The molecule has 0 saturated heterocycles. The van der Waals surface area contributed by atoms with Gasteiger partial charge in [-0.1, -0.05) is 12.1 Å². The number of rotatable bonds is 8. The van der Waals surface area contributed by atoms with Crippen LogP contribution in [0.2, 0.25) is 0 Å². The fraction of sp³-hybridized carbons (Fsp3) is 0.263. The van der Waals surface area contributed by atoms with Crippen molar-refractivity contribution in [3.8, 4) is 11.5 Å². The van der Waals surface area contributed by atoms with Crippen molar-refractivity contribution >= 4 is 21.8 Å². The van der Waals surface area contributed by atoms with Crippen molar-refractivity contribution in [2.75, 3.05) is 34.9 Å². The molecule has 0 atom stereocenters. The van der Waals surface area contributed by atoms with E-state index in [-0.39, 0.29) is 21.8 Å². The fourth-order valence-corrected chi connectivity index (χ4v) is 3.44. The number of methoxy groups -OCH3 is 2. The van der Waals surface area contributed by atoms with Crippen molar-refractivity contribution < 1.29 is 32.2 Å². The summed E-state index contributed by atoms with van der Waals surface area (Å²) in [6.45, 7) is -0.513. The Labute approximate surface area is 163 Å². The van der Waals surface area contributed by atoms with E-state index in [9.17, 15) is 18.0 Å². The molecule has 2 aromatic rings. The molecule has 8 nitrogen and oxygen atoms in total. The van der Waals surface area contributed by atoms with Crippen molar-refractivity contribution in [1.29, 1.82) is 0 Å². The lowest BCUT2D eigenvalue weighted by molar-refractivity contribution is 0.0473. The maximum absolute atomic E-state index is 12.4. The van der Waals surface area contributed by atoms with E-state index >= 15 is 0 Å². The van der Waals surface area contributed by atoms with Gasteiger partial charge < -0.3 is 14.2 Å². The van der Waals surface area contributed by atoms with Crippen molar-refractivity contribution in [3.63, 3.8) is 0 Å². The van der Waals surface area contributed by atoms with Crippen LogP contribution >= 0.6 is 0 Å². The summed E-state index contributed by atoms with van der Waals surface area (Å²) in [5, 5.41) is 0. The third kappa shape index (κ3) is 4.49. The first-order valence-corrected chi connectivity index (χ1v) is 9.60. The van der Waals surface area contributed by atoms with Crippen LogP contribution in [-0.2, 0) is 14.8 Å². The van der Waals surface area contributed by atoms with Gasteiger partial charge in [-0.15, -0.1) is 0 Å². The summed E-state index contributed by atoms with van der Waals surface area (Å²) in [5.41, 5.74) is 0.262. The van der Waals surface area contributed by atoms with E-state index in [1.165, 1.54) is 40.4 Å². The summed E-state index contributed by atoms with van der Waals surface area (Å²) in [7, 11) is 1.65. The Balaban J connectivity index is 2.22. The lowest BCUT2D eigenvalue weighted by Gasteiger charge is -2.15. The number of benzene rings is 2. The van der Waals surface area contributed by atoms with Crippen molar-refractivity contribution in [2.24, 2.45) is 0 Å². The Kier molecular flexibility index (Phi) is 6.76. The zero-order chi connectivity index (χ0) is 20.9. The predicted octanol–water partition coefficient (Wildman–Crippen LogP) is 1.99. The summed E-state index contributed by atoms with van der Waals surface area (Å²) >= 11 is 0. The average molecular weight is 407 g/mol. The minimum Gasteiger partial charge on any atom is -0.496 e. The number of nitrogens with zero attached hydrogens (tertiary/aromatic N) is 1. The molecule has 0 fully saturated rings. The summed E-state index contributed by atoms with van der Waals surface area (Å²) < 4.78 is 41.1.